The molecule has 0 radical (unpaired) electrons. The van der Waals surface area contributed by atoms with Gasteiger partial charge >= 0.3 is 0 Å². The number of halogens is 1. The zero-order valence-electron chi connectivity index (χ0n) is 17.0. The van der Waals surface area contributed by atoms with Crippen LogP contribution in [0.4, 0.5) is 5.69 Å². The minimum absolute atomic E-state index is 0.0593. The standard InChI is InChI=1S/C21H24ClN3O5S/c1-2-30-19-10-9-17(12-18(19)22)31(28,29)25-11-3-4-15(13-25)21(27)24-16-7-5-14(6-8-16)20(23)26/h5-10,12,15H,2-4,11,13H2,1H3,(H2,23,26)(H,24,27). The summed E-state index contributed by atoms with van der Waals surface area (Å²) in [6.07, 6.45) is 1.13. The van der Waals surface area contributed by atoms with Crippen molar-refractivity contribution in [3.05, 3.63) is 53.1 Å². The number of ether oxygens (including phenoxy) is 1. The highest BCUT2D eigenvalue weighted by Crippen LogP contribution is 2.30. The van der Waals surface area contributed by atoms with Gasteiger partial charge < -0.3 is 15.8 Å². The third kappa shape index (κ3) is 5.36. The highest BCUT2D eigenvalue weighted by molar-refractivity contribution is 7.89. The van der Waals surface area contributed by atoms with Crippen molar-refractivity contribution in [3.8, 4) is 5.75 Å². The maximum Gasteiger partial charge on any atom is 0.248 e. The van der Waals surface area contributed by atoms with Crippen molar-refractivity contribution in [2.24, 2.45) is 11.7 Å². The zero-order chi connectivity index (χ0) is 22.6. The number of carbonyl (C=O) groups excluding carboxylic acids is 2. The van der Waals surface area contributed by atoms with Crippen LogP contribution in [-0.2, 0) is 14.8 Å². The molecular formula is C21H24ClN3O5S. The van der Waals surface area contributed by atoms with E-state index in [1.54, 1.807) is 12.1 Å². The summed E-state index contributed by atoms with van der Waals surface area (Å²) in [6.45, 7) is 2.62. The number of rotatable bonds is 7. The van der Waals surface area contributed by atoms with Gasteiger partial charge in [-0.2, -0.15) is 4.31 Å². The molecule has 10 heteroatoms. The van der Waals surface area contributed by atoms with Gasteiger partial charge in [0.2, 0.25) is 21.8 Å². The van der Waals surface area contributed by atoms with Gasteiger partial charge in [-0.1, -0.05) is 11.6 Å². The van der Waals surface area contributed by atoms with Crippen molar-refractivity contribution >= 4 is 39.1 Å². The quantitative estimate of drug-likeness (QED) is 0.651. The van der Waals surface area contributed by atoms with Gasteiger partial charge in [0.15, 0.2) is 0 Å². The lowest BCUT2D eigenvalue weighted by atomic mass is 9.98. The first-order valence-electron chi connectivity index (χ1n) is 9.85. The Morgan fingerprint density at radius 2 is 1.94 bits per heavy atom. The Morgan fingerprint density at radius 1 is 1.23 bits per heavy atom. The number of hydrogen-bond donors (Lipinski definition) is 2. The molecule has 1 unspecified atom stereocenters. The van der Waals surface area contributed by atoms with E-state index in [2.05, 4.69) is 5.32 Å². The summed E-state index contributed by atoms with van der Waals surface area (Å²) in [5.41, 5.74) is 6.06. The second kappa shape index (κ2) is 9.67. The SMILES string of the molecule is CCOc1ccc(S(=O)(=O)N2CCCC(C(=O)Nc3ccc(C(N)=O)cc3)C2)cc1Cl. The summed E-state index contributed by atoms with van der Waals surface area (Å²) >= 11 is 6.15. The van der Waals surface area contributed by atoms with E-state index in [-0.39, 0.29) is 22.4 Å². The molecule has 0 aliphatic carbocycles. The second-order valence-corrected chi connectivity index (χ2v) is 9.50. The average Bonchev–Trinajstić information content (AvgIpc) is 2.75. The predicted octanol–water partition coefficient (Wildman–Crippen LogP) is 2.88. The Labute approximate surface area is 186 Å². The first-order chi connectivity index (χ1) is 14.7. The Hall–Kier alpha value is -2.62. The summed E-state index contributed by atoms with van der Waals surface area (Å²) < 4.78 is 32.8. The van der Waals surface area contributed by atoms with Crippen molar-refractivity contribution in [2.75, 3.05) is 25.0 Å². The Kier molecular flexibility index (Phi) is 7.19. The molecule has 1 aliphatic rings. The number of anilines is 1. The van der Waals surface area contributed by atoms with E-state index in [1.807, 2.05) is 6.92 Å². The molecule has 1 aliphatic heterocycles. The first-order valence-corrected chi connectivity index (χ1v) is 11.7. The largest absolute Gasteiger partial charge is 0.492 e. The van der Waals surface area contributed by atoms with Gasteiger partial charge in [-0.25, -0.2) is 8.42 Å². The molecule has 1 heterocycles. The van der Waals surface area contributed by atoms with E-state index >= 15 is 0 Å². The average molecular weight is 466 g/mol. The molecule has 2 aromatic carbocycles. The molecule has 1 atom stereocenters. The van der Waals surface area contributed by atoms with Gasteiger partial charge in [-0.15, -0.1) is 0 Å². The molecule has 1 fully saturated rings. The van der Waals surface area contributed by atoms with E-state index in [9.17, 15) is 18.0 Å². The van der Waals surface area contributed by atoms with Crippen LogP contribution in [-0.4, -0.2) is 44.2 Å². The van der Waals surface area contributed by atoms with E-state index in [1.165, 1.54) is 34.6 Å². The monoisotopic (exact) mass is 465 g/mol. The van der Waals surface area contributed by atoms with Crippen molar-refractivity contribution in [1.82, 2.24) is 4.31 Å². The van der Waals surface area contributed by atoms with Crippen LogP contribution in [0.5, 0.6) is 5.75 Å². The van der Waals surface area contributed by atoms with Crippen LogP contribution >= 0.6 is 11.6 Å². The van der Waals surface area contributed by atoms with Gasteiger partial charge in [0, 0.05) is 24.3 Å². The number of sulfonamides is 1. The molecule has 0 saturated carbocycles. The van der Waals surface area contributed by atoms with Crippen molar-refractivity contribution in [1.29, 1.82) is 0 Å². The number of piperidine rings is 1. The Morgan fingerprint density at radius 3 is 2.55 bits per heavy atom. The molecule has 2 amide bonds. The maximum atomic E-state index is 13.1. The van der Waals surface area contributed by atoms with E-state index in [0.717, 1.165) is 0 Å². The fourth-order valence-electron chi connectivity index (χ4n) is 3.40. The van der Waals surface area contributed by atoms with Gasteiger partial charge in [0.25, 0.3) is 0 Å². The number of benzene rings is 2. The molecule has 166 valence electrons. The zero-order valence-corrected chi connectivity index (χ0v) is 18.6. The molecule has 3 N–H and O–H groups in total. The molecule has 31 heavy (non-hydrogen) atoms. The highest BCUT2D eigenvalue weighted by atomic mass is 35.5. The Balaban J connectivity index is 1.71. The third-order valence-electron chi connectivity index (χ3n) is 5.03. The summed E-state index contributed by atoms with van der Waals surface area (Å²) in [5.74, 6) is -0.921. The van der Waals surface area contributed by atoms with Crippen molar-refractivity contribution in [3.63, 3.8) is 0 Å². The van der Waals surface area contributed by atoms with Crippen LogP contribution < -0.4 is 15.8 Å². The van der Waals surface area contributed by atoms with Crippen molar-refractivity contribution in [2.45, 2.75) is 24.7 Å². The van der Waals surface area contributed by atoms with Crippen LogP contribution in [0.2, 0.25) is 5.02 Å². The molecule has 3 rings (SSSR count). The fourth-order valence-corrected chi connectivity index (χ4v) is 5.25. The fraction of sp³-hybridized carbons (Fsp3) is 0.333. The molecule has 8 nitrogen and oxygen atoms in total. The summed E-state index contributed by atoms with van der Waals surface area (Å²) in [6, 6.07) is 10.6. The second-order valence-electron chi connectivity index (χ2n) is 7.16. The number of carbonyl (C=O) groups is 2. The van der Waals surface area contributed by atoms with Gasteiger partial charge in [-0.05, 0) is 62.2 Å². The maximum absolute atomic E-state index is 13.1. The lowest BCUT2D eigenvalue weighted by Crippen LogP contribution is -2.43. The highest BCUT2D eigenvalue weighted by Gasteiger charge is 2.33. The molecular weight excluding hydrogens is 442 g/mol. The van der Waals surface area contributed by atoms with E-state index in [0.29, 0.717) is 43.0 Å². The summed E-state index contributed by atoms with van der Waals surface area (Å²) in [4.78, 5) is 23.9. The van der Waals surface area contributed by atoms with Gasteiger partial charge in [0.1, 0.15) is 5.75 Å². The Bertz CT molecular complexity index is 1070. The summed E-state index contributed by atoms with van der Waals surface area (Å²) in [5, 5.41) is 2.99. The smallest absolute Gasteiger partial charge is 0.248 e. The molecule has 1 saturated heterocycles. The lowest BCUT2D eigenvalue weighted by Gasteiger charge is -2.31. The number of nitrogens with two attached hydrogens (primary N) is 1. The van der Waals surface area contributed by atoms with Gasteiger partial charge in [0.05, 0.1) is 22.4 Å². The van der Waals surface area contributed by atoms with Crippen LogP contribution in [0.1, 0.15) is 30.1 Å². The van der Waals surface area contributed by atoms with E-state index in [4.69, 9.17) is 22.1 Å². The van der Waals surface area contributed by atoms with Crippen LogP contribution in [0.3, 0.4) is 0 Å². The van der Waals surface area contributed by atoms with Crippen molar-refractivity contribution < 1.29 is 22.7 Å². The van der Waals surface area contributed by atoms with E-state index < -0.39 is 21.8 Å². The number of nitrogens with one attached hydrogen (secondary N) is 1. The predicted molar refractivity (Wildman–Crippen MR) is 118 cm³/mol. The minimum atomic E-state index is -3.81. The molecule has 2 aromatic rings. The number of amides is 2. The van der Waals surface area contributed by atoms with Crippen LogP contribution in [0.25, 0.3) is 0 Å². The normalized spacial score (nSPS) is 17.2. The first kappa shape index (κ1) is 23.1. The van der Waals surface area contributed by atoms with Crippen LogP contribution in [0, 0.1) is 5.92 Å². The molecule has 0 bridgehead atoms. The molecule has 0 spiro atoms. The van der Waals surface area contributed by atoms with Crippen LogP contribution in [0.15, 0.2) is 47.4 Å². The van der Waals surface area contributed by atoms with Gasteiger partial charge in [-0.3, -0.25) is 9.59 Å². The lowest BCUT2D eigenvalue weighted by molar-refractivity contribution is -0.120. The molecule has 0 aromatic heterocycles. The minimum Gasteiger partial charge on any atom is -0.492 e. The number of primary amides is 1. The topological polar surface area (TPSA) is 119 Å². The number of hydrogen-bond acceptors (Lipinski definition) is 5. The number of nitrogens with zero attached hydrogens (tertiary/aromatic N) is 1. The summed E-state index contributed by atoms with van der Waals surface area (Å²) in [7, 11) is -3.81. The third-order valence-corrected chi connectivity index (χ3v) is 7.19.